The maximum atomic E-state index is 12.3. The van der Waals surface area contributed by atoms with E-state index in [9.17, 15) is 4.79 Å². The molecule has 2 N–H and O–H groups in total. The normalized spacial score (nSPS) is 14.3. The van der Waals surface area contributed by atoms with Crippen LogP contribution in [0.25, 0.3) is 10.8 Å². The Bertz CT molecular complexity index is 884. The molecule has 0 spiro atoms. The molecule has 0 saturated carbocycles. The maximum absolute atomic E-state index is 12.3. The minimum atomic E-state index is -0.0960. The van der Waals surface area contributed by atoms with Crippen molar-refractivity contribution in [3.05, 3.63) is 53.1 Å². The molecule has 0 amide bonds. The predicted molar refractivity (Wildman–Crippen MR) is 91.3 cm³/mol. The van der Waals surface area contributed by atoms with Crippen molar-refractivity contribution in [2.45, 2.75) is 12.8 Å². The quantitative estimate of drug-likeness (QED) is 0.778. The summed E-state index contributed by atoms with van der Waals surface area (Å²) in [6, 6.07) is 9.47. The van der Waals surface area contributed by atoms with Crippen LogP contribution in [0, 0.1) is 0 Å². The summed E-state index contributed by atoms with van der Waals surface area (Å²) in [5, 5.41) is 4.75. The van der Waals surface area contributed by atoms with Crippen LogP contribution in [-0.4, -0.2) is 28.0 Å². The minimum absolute atomic E-state index is 0.0960. The van der Waals surface area contributed by atoms with Gasteiger partial charge in [-0.1, -0.05) is 6.07 Å². The van der Waals surface area contributed by atoms with E-state index in [1.807, 2.05) is 30.3 Å². The van der Waals surface area contributed by atoms with Crippen molar-refractivity contribution in [1.82, 2.24) is 15.0 Å². The van der Waals surface area contributed by atoms with Gasteiger partial charge in [-0.25, -0.2) is 9.97 Å². The number of pyridine rings is 3. The van der Waals surface area contributed by atoms with Gasteiger partial charge in [-0.05, 0) is 42.5 Å². The van der Waals surface area contributed by atoms with Crippen LogP contribution < -0.4 is 15.8 Å². The summed E-state index contributed by atoms with van der Waals surface area (Å²) < 4.78 is 0. The molecule has 1 aliphatic rings. The molecule has 1 aliphatic heterocycles. The highest BCUT2D eigenvalue weighted by atomic mass is 16.1. The van der Waals surface area contributed by atoms with Gasteiger partial charge in [-0.3, -0.25) is 4.79 Å². The number of aromatic nitrogens is 3. The number of rotatable bonds is 3. The lowest BCUT2D eigenvalue weighted by Crippen LogP contribution is -2.22. The van der Waals surface area contributed by atoms with E-state index >= 15 is 0 Å². The summed E-state index contributed by atoms with van der Waals surface area (Å²) in [6.07, 6.45) is 5.66. The van der Waals surface area contributed by atoms with Crippen molar-refractivity contribution in [1.29, 1.82) is 0 Å². The molecule has 0 atom stereocenters. The number of fused-ring (bicyclic) bond motifs is 1. The van der Waals surface area contributed by atoms with Crippen molar-refractivity contribution >= 4 is 28.2 Å². The molecule has 1 fully saturated rings. The molecule has 3 aromatic rings. The van der Waals surface area contributed by atoms with Gasteiger partial charge >= 0.3 is 0 Å². The fourth-order valence-electron chi connectivity index (χ4n) is 2.98. The van der Waals surface area contributed by atoms with Gasteiger partial charge in [-0.2, -0.15) is 0 Å². The summed E-state index contributed by atoms with van der Waals surface area (Å²) >= 11 is 0. The third-order valence-electron chi connectivity index (χ3n) is 4.06. The Labute approximate surface area is 133 Å². The summed E-state index contributed by atoms with van der Waals surface area (Å²) in [4.78, 5) is 26.2. The van der Waals surface area contributed by atoms with E-state index in [-0.39, 0.29) is 5.56 Å². The van der Waals surface area contributed by atoms with Gasteiger partial charge < -0.3 is 15.2 Å². The van der Waals surface area contributed by atoms with Gasteiger partial charge in [0, 0.05) is 25.5 Å². The lowest BCUT2D eigenvalue weighted by molar-refractivity contribution is 0.945. The summed E-state index contributed by atoms with van der Waals surface area (Å²) in [5.41, 5.74) is -0.0960. The van der Waals surface area contributed by atoms with Gasteiger partial charge in [0.2, 0.25) is 0 Å². The topological polar surface area (TPSA) is 73.9 Å². The van der Waals surface area contributed by atoms with Crippen molar-refractivity contribution in [3.63, 3.8) is 0 Å². The number of aromatic amines is 1. The molecule has 0 radical (unpaired) electrons. The number of anilines is 3. The second kappa shape index (κ2) is 5.72. The molecule has 6 heteroatoms. The van der Waals surface area contributed by atoms with E-state index < -0.39 is 0 Å². The molecule has 0 aliphatic carbocycles. The predicted octanol–water partition coefficient (Wildman–Crippen LogP) is 2.66. The van der Waals surface area contributed by atoms with E-state index in [0.29, 0.717) is 11.2 Å². The Balaban J connectivity index is 1.85. The van der Waals surface area contributed by atoms with Crippen LogP contribution in [0.3, 0.4) is 0 Å². The monoisotopic (exact) mass is 307 g/mol. The zero-order chi connectivity index (χ0) is 15.6. The van der Waals surface area contributed by atoms with E-state index in [1.54, 1.807) is 12.4 Å². The lowest BCUT2D eigenvalue weighted by atomic mass is 10.2. The standard InChI is InChI=1S/C17H17N5O/c23-17-15-12(6-8-19-17)11-14(20-13-5-1-2-7-18-13)21-16(15)22-9-3-4-10-22/h1-2,5-8,11H,3-4,9-10H2,(H,19,23)(H,18,20,21). The highest BCUT2D eigenvalue weighted by Gasteiger charge is 2.19. The first-order valence-corrected chi connectivity index (χ1v) is 7.77. The fraction of sp³-hybridized carbons (Fsp3) is 0.235. The molecular formula is C17H17N5O. The number of nitrogens with one attached hydrogen (secondary N) is 2. The summed E-state index contributed by atoms with van der Waals surface area (Å²) in [6.45, 7) is 1.87. The van der Waals surface area contributed by atoms with Crippen molar-refractivity contribution < 1.29 is 0 Å². The maximum Gasteiger partial charge on any atom is 0.259 e. The minimum Gasteiger partial charge on any atom is -0.356 e. The molecule has 3 aromatic heterocycles. The second-order valence-electron chi connectivity index (χ2n) is 5.64. The van der Waals surface area contributed by atoms with Gasteiger partial charge in [0.05, 0.1) is 5.39 Å². The van der Waals surface area contributed by atoms with Gasteiger partial charge in [-0.15, -0.1) is 0 Å². The van der Waals surface area contributed by atoms with Crippen LogP contribution in [0.1, 0.15) is 12.8 Å². The van der Waals surface area contributed by atoms with Crippen LogP contribution in [0.5, 0.6) is 0 Å². The third kappa shape index (κ3) is 2.63. The van der Waals surface area contributed by atoms with Crippen LogP contribution in [0.2, 0.25) is 0 Å². The molecule has 0 aromatic carbocycles. The summed E-state index contributed by atoms with van der Waals surface area (Å²) in [7, 11) is 0. The fourth-order valence-corrected chi connectivity index (χ4v) is 2.98. The summed E-state index contributed by atoms with van der Waals surface area (Å²) in [5.74, 6) is 2.18. The Hall–Kier alpha value is -2.89. The number of H-pyrrole nitrogens is 1. The SMILES string of the molecule is O=c1[nH]ccc2cc(Nc3ccccn3)nc(N3CCCC3)c12. The molecule has 0 bridgehead atoms. The van der Waals surface area contributed by atoms with Crippen LogP contribution in [-0.2, 0) is 0 Å². The Morgan fingerprint density at radius 1 is 1.13 bits per heavy atom. The largest absolute Gasteiger partial charge is 0.356 e. The first-order valence-electron chi connectivity index (χ1n) is 7.77. The van der Waals surface area contributed by atoms with E-state index in [0.717, 1.165) is 43.0 Å². The highest BCUT2D eigenvalue weighted by molar-refractivity contribution is 5.93. The number of hydrogen-bond acceptors (Lipinski definition) is 5. The van der Waals surface area contributed by atoms with Gasteiger partial charge in [0.15, 0.2) is 0 Å². The van der Waals surface area contributed by atoms with Gasteiger partial charge in [0.25, 0.3) is 5.56 Å². The van der Waals surface area contributed by atoms with E-state index in [4.69, 9.17) is 4.98 Å². The Morgan fingerprint density at radius 2 is 2.00 bits per heavy atom. The second-order valence-corrected chi connectivity index (χ2v) is 5.64. The Morgan fingerprint density at radius 3 is 2.78 bits per heavy atom. The zero-order valence-corrected chi connectivity index (χ0v) is 12.6. The first kappa shape index (κ1) is 13.8. The molecule has 0 unspecified atom stereocenters. The molecule has 4 rings (SSSR count). The molecule has 1 saturated heterocycles. The Kier molecular flexibility index (Phi) is 3.42. The van der Waals surface area contributed by atoms with E-state index in [2.05, 4.69) is 20.2 Å². The van der Waals surface area contributed by atoms with Crippen molar-refractivity contribution in [2.24, 2.45) is 0 Å². The zero-order valence-electron chi connectivity index (χ0n) is 12.6. The number of hydrogen-bond donors (Lipinski definition) is 2. The smallest absolute Gasteiger partial charge is 0.259 e. The first-order chi connectivity index (χ1) is 11.3. The number of nitrogens with zero attached hydrogens (tertiary/aromatic N) is 3. The third-order valence-corrected chi connectivity index (χ3v) is 4.06. The van der Waals surface area contributed by atoms with Crippen LogP contribution in [0.4, 0.5) is 17.5 Å². The average molecular weight is 307 g/mol. The molecule has 6 nitrogen and oxygen atoms in total. The van der Waals surface area contributed by atoms with Crippen molar-refractivity contribution in [3.8, 4) is 0 Å². The van der Waals surface area contributed by atoms with Crippen molar-refractivity contribution in [2.75, 3.05) is 23.3 Å². The van der Waals surface area contributed by atoms with Crippen LogP contribution >= 0.6 is 0 Å². The highest BCUT2D eigenvalue weighted by Crippen LogP contribution is 2.28. The molecular weight excluding hydrogens is 290 g/mol. The lowest BCUT2D eigenvalue weighted by Gasteiger charge is -2.19. The van der Waals surface area contributed by atoms with Gasteiger partial charge in [0.1, 0.15) is 17.5 Å². The molecule has 116 valence electrons. The molecule has 4 heterocycles. The molecule has 23 heavy (non-hydrogen) atoms. The van der Waals surface area contributed by atoms with Crippen LogP contribution in [0.15, 0.2) is 47.5 Å². The van der Waals surface area contributed by atoms with E-state index in [1.165, 1.54) is 0 Å². The average Bonchev–Trinajstić information content (AvgIpc) is 3.09.